The fraction of sp³-hybridized carbons (Fsp3) is 1.00. The van der Waals surface area contributed by atoms with Gasteiger partial charge in [-0.15, -0.1) is 0 Å². The van der Waals surface area contributed by atoms with Gasteiger partial charge < -0.3 is 9.26 Å². The van der Waals surface area contributed by atoms with Crippen molar-refractivity contribution >= 4 is 17.3 Å². The molecule has 2 nitrogen and oxygen atoms in total. The number of hydrogen-bond acceptors (Lipinski definition) is 2. The van der Waals surface area contributed by atoms with Crippen LogP contribution in [0.1, 0.15) is 12.8 Å². The molecule has 4 heteroatoms. The lowest BCUT2D eigenvalue weighted by atomic mass is 9.97. The molecule has 9 heavy (non-hydrogen) atoms. The van der Waals surface area contributed by atoms with Crippen LogP contribution in [-0.2, 0) is 9.26 Å². The molecule has 0 amide bonds. The molecule has 3 atom stereocenters. The lowest BCUT2D eigenvalue weighted by Crippen LogP contribution is -2.14. The molecule has 1 saturated heterocycles. The van der Waals surface area contributed by atoms with Crippen LogP contribution in [0, 0.1) is 0 Å². The van der Waals surface area contributed by atoms with E-state index in [0.717, 1.165) is 13.0 Å². The molecule has 0 N–H and O–H groups in total. The molecule has 0 aromatic carbocycles. The first kappa shape index (κ1) is 7.52. The maximum absolute atomic E-state index is 5.46. The van der Waals surface area contributed by atoms with Crippen molar-refractivity contribution < 1.29 is 9.26 Å². The molecule has 3 unspecified atom stereocenters. The molecule has 1 heterocycles. The Bertz CT molecular complexity index is 89.0. The van der Waals surface area contributed by atoms with E-state index in [9.17, 15) is 0 Å². The summed E-state index contributed by atoms with van der Waals surface area (Å²) in [6.45, 7) is 0.717. The molecule has 1 aliphatic rings. The molecular weight excluding hydrogens is 134 g/mol. The summed E-state index contributed by atoms with van der Waals surface area (Å²) < 4.78 is 10.3. The minimum atomic E-state index is 0.345. The van der Waals surface area contributed by atoms with E-state index in [1.807, 2.05) is 0 Å². The summed E-state index contributed by atoms with van der Waals surface area (Å²) in [6.07, 6.45) is 2.67. The van der Waals surface area contributed by atoms with E-state index in [0.29, 0.717) is 12.1 Å². The second kappa shape index (κ2) is 3.55. The first-order valence-corrected chi connectivity index (χ1v) is 3.77. The molecule has 1 aliphatic heterocycles. The monoisotopic (exact) mass is 146 g/mol. The van der Waals surface area contributed by atoms with E-state index in [4.69, 9.17) is 9.26 Å². The fourth-order valence-corrected chi connectivity index (χ4v) is 1.33. The standard InChI is InChI=1S/C5H12BO2P/c6-5-2-1-4(8-5)3-7-9/h4-5H,1-3,6,9H2. The third-order valence-electron chi connectivity index (χ3n) is 1.60. The van der Waals surface area contributed by atoms with E-state index >= 15 is 0 Å². The first-order chi connectivity index (χ1) is 4.33. The Morgan fingerprint density at radius 1 is 1.67 bits per heavy atom. The Kier molecular flexibility index (Phi) is 2.97. The average Bonchev–Trinajstić information content (AvgIpc) is 2.17. The Balaban J connectivity index is 2.14. The van der Waals surface area contributed by atoms with Crippen LogP contribution in [0.2, 0.25) is 0 Å². The minimum Gasteiger partial charge on any atom is -0.382 e. The number of hydrogen-bond donors (Lipinski definition) is 0. The normalized spacial score (nSPS) is 35.2. The van der Waals surface area contributed by atoms with Crippen LogP contribution >= 0.6 is 9.47 Å². The summed E-state index contributed by atoms with van der Waals surface area (Å²) in [6, 6.07) is 0.440. The van der Waals surface area contributed by atoms with Crippen molar-refractivity contribution in [2.24, 2.45) is 0 Å². The van der Waals surface area contributed by atoms with Gasteiger partial charge in [-0.2, -0.15) is 0 Å². The first-order valence-electron chi connectivity index (χ1n) is 3.30. The zero-order valence-electron chi connectivity index (χ0n) is 5.67. The van der Waals surface area contributed by atoms with Crippen LogP contribution in [0.15, 0.2) is 0 Å². The summed E-state index contributed by atoms with van der Waals surface area (Å²) in [7, 11) is 4.34. The number of ether oxygens (including phenoxy) is 1. The molecule has 0 bridgehead atoms. The molecule has 0 aromatic rings. The molecule has 52 valence electrons. The van der Waals surface area contributed by atoms with Gasteiger partial charge in [0.1, 0.15) is 7.85 Å². The highest BCUT2D eigenvalue weighted by Gasteiger charge is 2.20. The van der Waals surface area contributed by atoms with Gasteiger partial charge in [0.2, 0.25) is 0 Å². The van der Waals surface area contributed by atoms with Gasteiger partial charge in [-0.05, 0) is 12.8 Å². The maximum Gasteiger partial charge on any atom is 0.139 e. The van der Waals surface area contributed by atoms with Crippen LogP contribution in [0.3, 0.4) is 0 Å². The Morgan fingerprint density at radius 3 is 2.89 bits per heavy atom. The Morgan fingerprint density at radius 2 is 2.44 bits per heavy atom. The molecular formula is C5H12BO2P. The van der Waals surface area contributed by atoms with Crippen molar-refractivity contribution in [3.8, 4) is 0 Å². The van der Waals surface area contributed by atoms with Crippen molar-refractivity contribution in [1.29, 1.82) is 0 Å². The average molecular weight is 146 g/mol. The van der Waals surface area contributed by atoms with E-state index in [2.05, 4.69) is 17.3 Å². The minimum absolute atomic E-state index is 0.345. The van der Waals surface area contributed by atoms with Crippen LogP contribution in [0.5, 0.6) is 0 Å². The highest BCUT2D eigenvalue weighted by atomic mass is 31.0. The van der Waals surface area contributed by atoms with Gasteiger partial charge in [-0.25, -0.2) is 0 Å². The van der Waals surface area contributed by atoms with Gasteiger partial charge in [0.15, 0.2) is 0 Å². The molecule has 0 saturated carbocycles. The van der Waals surface area contributed by atoms with Gasteiger partial charge in [-0.3, -0.25) is 0 Å². The summed E-state index contributed by atoms with van der Waals surface area (Å²) in [5.41, 5.74) is 0. The highest BCUT2D eigenvalue weighted by Crippen LogP contribution is 2.17. The predicted molar refractivity (Wildman–Crippen MR) is 42.1 cm³/mol. The van der Waals surface area contributed by atoms with Gasteiger partial charge in [0.05, 0.1) is 12.7 Å². The molecule has 1 rings (SSSR count). The summed E-state index contributed by atoms with van der Waals surface area (Å²) >= 11 is 0. The van der Waals surface area contributed by atoms with E-state index in [1.54, 1.807) is 0 Å². The molecule has 0 aromatic heterocycles. The molecule has 0 aliphatic carbocycles. The lowest BCUT2D eigenvalue weighted by molar-refractivity contribution is 0.0567. The van der Waals surface area contributed by atoms with Gasteiger partial charge in [-0.1, -0.05) is 0 Å². The summed E-state index contributed by atoms with van der Waals surface area (Å²) in [5, 5.41) is 0. The second-order valence-electron chi connectivity index (χ2n) is 2.48. The topological polar surface area (TPSA) is 18.5 Å². The van der Waals surface area contributed by atoms with Crippen molar-refractivity contribution in [2.75, 3.05) is 6.61 Å². The van der Waals surface area contributed by atoms with Crippen molar-refractivity contribution in [2.45, 2.75) is 24.9 Å². The van der Waals surface area contributed by atoms with E-state index < -0.39 is 0 Å². The van der Waals surface area contributed by atoms with Crippen molar-refractivity contribution in [1.82, 2.24) is 0 Å². The van der Waals surface area contributed by atoms with Crippen LogP contribution < -0.4 is 0 Å². The van der Waals surface area contributed by atoms with Crippen molar-refractivity contribution in [3.05, 3.63) is 0 Å². The lowest BCUT2D eigenvalue weighted by Gasteiger charge is -2.08. The van der Waals surface area contributed by atoms with E-state index in [-0.39, 0.29) is 0 Å². The third kappa shape index (κ3) is 2.25. The number of rotatable bonds is 2. The molecule has 1 fully saturated rings. The molecule has 0 spiro atoms. The third-order valence-corrected chi connectivity index (χ3v) is 1.79. The Hall–Kier alpha value is 0.415. The SMILES string of the molecule is BC1CCC(COP)O1. The predicted octanol–water partition coefficient (Wildman–Crippen LogP) is -0.0687. The van der Waals surface area contributed by atoms with Crippen molar-refractivity contribution in [3.63, 3.8) is 0 Å². The zero-order valence-corrected chi connectivity index (χ0v) is 6.82. The zero-order chi connectivity index (χ0) is 6.69. The van der Waals surface area contributed by atoms with Crippen LogP contribution in [0.4, 0.5) is 0 Å². The molecule has 0 radical (unpaired) electrons. The summed E-state index contributed by atoms with van der Waals surface area (Å²) in [5.74, 6) is 0. The fourth-order valence-electron chi connectivity index (χ4n) is 1.12. The smallest absolute Gasteiger partial charge is 0.139 e. The van der Waals surface area contributed by atoms with E-state index in [1.165, 1.54) is 6.42 Å². The van der Waals surface area contributed by atoms with Gasteiger partial charge in [0, 0.05) is 15.5 Å². The Labute approximate surface area is 59.0 Å². The second-order valence-corrected chi connectivity index (χ2v) is 2.81. The largest absolute Gasteiger partial charge is 0.382 e. The van der Waals surface area contributed by atoms with Gasteiger partial charge >= 0.3 is 0 Å². The van der Waals surface area contributed by atoms with Crippen LogP contribution in [-0.4, -0.2) is 26.6 Å². The maximum atomic E-state index is 5.46. The summed E-state index contributed by atoms with van der Waals surface area (Å²) in [4.78, 5) is 0. The quantitative estimate of drug-likeness (QED) is 0.401. The highest BCUT2D eigenvalue weighted by molar-refractivity contribution is 7.09. The van der Waals surface area contributed by atoms with Crippen LogP contribution in [0.25, 0.3) is 0 Å². The van der Waals surface area contributed by atoms with Gasteiger partial charge in [0.25, 0.3) is 0 Å².